The predicted octanol–water partition coefficient (Wildman–Crippen LogP) is 0.652. The SMILES string of the molecule is O=C(O)NCC1CNCC1C(F)(F)F. The molecule has 1 heterocycles. The molecule has 14 heavy (non-hydrogen) atoms. The Labute approximate surface area is 78.5 Å². The molecule has 1 amide bonds. The number of hydrogen-bond acceptors (Lipinski definition) is 2. The van der Waals surface area contributed by atoms with E-state index < -0.39 is 24.1 Å². The number of carbonyl (C=O) groups is 1. The van der Waals surface area contributed by atoms with Crippen LogP contribution in [0, 0.1) is 11.8 Å². The van der Waals surface area contributed by atoms with Crippen LogP contribution in [0.3, 0.4) is 0 Å². The van der Waals surface area contributed by atoms with Gasteiger partial charge < -0.3 is 15.7 Å². The first-order chi connectivity index (χ1) is 6.41. The van der Waals surface area contributed by atoms with Crippen molar-refractivity contribution in [3.8, 4) is 0 Å². The van der Waals surface area contributed by atoms with E-state index in [1.165, 1.54) is 0 Å². The van der Waals surface area contributed by atoms with Crippen molar-refractivity contribution >= 4 is 6.09 Å². The third-order valence-electron chi connectivity index (χ3n) is 2.28. The van der Waals surface area contributed by atoms with Crippen molar-refractivity contribution in [2.24, 2.45) is 11.8 Å². The number of hydrogen-bond donors (Lipinski definition) is 3. The van der Waals surface area contributed by atoms with E-state index in [9.17, 15) is 18.0 Å². The fraction of sp³-hybridized carbons (Fsp3) is 0.857. The molecule has 0 spiro atoms. The van der Waals surface area contributed by atoms with Crippen molar-refractivity contribution in [2.75, 3.05) is 19.6 Å². The summed E-state index contributed by atoms with van der Waals surface area (Å²) in [6.45, 7) is -0.0908. The Morgan fingerprint density at radius 2 is 2.14 bits per heavy atom. The normalized spacial score (nSPS) is 27.6. The van der Waals surface area contributed by atoms with Crippen LogP contribution in [0.4, 0.5) is 18.0 Å². The Hall–Kier alpha value is -0.980. The standard InChI is InChI=1S/C7H11F3N2O2/c8-7(9,10)5-3-11-1-4(5)2-12-6(13)14/h4-5,11-12H,1-3H2,(H,13,14). The molecule has 7 heteroatoms. The van der Waals surface area contributed by atoms with Gasteiger partial charge in [-0.15, -0.1) is 0 Å². The van der Waals surface area contributed by atoms with Crippen LogP contribution in [-0.4, -0.2) is 37.0 Å². The molecule has 1 fully saturated rings. The van der Waals surface area contributed by atoms with E-state index >= 15 is 0 Å². The van der Waals surface area contributed by atoms with Crippen LogP contribution in [0.25, 0.3) is 0 Å². The number of nitrogens with one attached hydrogen (secondary N) is 2. The Morgan fingerprint density at radius 3 is 2.64 bits per heavy atom. The van der Waals surface area contributed by atoms with Crippen molar-refractivity contribution in [1.29, 1.82) is 0 Å². The molecule has 1 rings (SSSR count). The smallest absolute Gasteiger partial charge is 0.404 e. The molecule has 0 aromatic rings. The van der Waals surface area contributed by atoms with E-state index in [4.69, 9.17) is 5.11 Å². The zero-order valence-electron chi connectivity index (χ0n) is 7.27. The van der Waals surface area contributed by atoms with E-state index in [0.29, 0.717) is 0 Å². The Balaban J connectivity index is 2.47. The monoisotopic (exact) mass is 212 g/mol. The summed E-state index contributed by atoms with van der Waals surface area (Å²) in [5.41, 5.74) is 0. The van der Waals surface area contributed by atoms with Crippen LogP contribution in [0.1, 0.15) is 0 Å². The van der Waals surface area contributed by atoms with Crippen molar-refractivity contribution in [3.63, 3.8) is 0 Å². The van der Waals surface area contributed by atoms with Gasteiger partial charge in [-0.2, -0.15) is 13.2 Å². The lowest BCUT2D eigenvalue weighted by molar-refractivity contribution is -0.178. The lowest BCUT2D eigenvalue weighted by atomic mass is 9.95. The Bertz CT molecular complexity index is 219. The van der Waals surface area contributed by atoms with Crippen LogP contribution in [0.2, 0.25) is 0 Å². The lowest BCUT2D eigenvalue weighted by Gasteiger charge is -2.20. The zero-order valence-corrected chi connectivity index (χ0v) is 7.27. The highest BCUT2D eigenvalue weighted by molar-refractivity contribution is 5.64. The first-order valence-electron chi connectivity index (χ1n) is 4.15. The van der Waals surface area contributed by atoms with E-state index in [0.717, 1.165) is 0 Å². The lowest BCUT2D eigenvalue weighted by Crippen LogP contribution is -2.37. The average molecular weight is 212 g/mol. The van der Waals surface area contributed by atoms with Crippen LogP contribution in [-0.2, 0) is 0 Å². The second-order valence-corrected chi connectivity index (χ2v) is 3.25. The molecule has 2 atom stereocenters. The van der Waals surface area contributed by atoms with Crippen LogP contribution >= 0.6 is 0 Å². The molecular formula is C7H11F3N2O2. The number of carboxylic acid groups (broad SMARTS) is 1. The van der Waals surface area contributed by atoms with Gasteiger partial charge in [-0.1, -0.05) is 0 Å². The van der Waals surface area contributed by atoms with Crippen LogP contribution < -0.4 is 10.6 Å². The molecule has 3 N–H and O–H groups in total. The first-order valence-corrected chi connectivity index (χ1v) is 4.15. The van der Waals surface area contributed by atoms with E-state index in [1.54, 1.807) is 0 Å². The minimum Gasteiger partial charge on any atom is -0.465 e. The maximum atomic E-state index is 12.3. The largest absolute Gasteiger partial charge is 0.465 e. The highest BCUT2D eigenvalue weighted by Gasteiger charge is 2.46. The third kappa shape index (κ3) is 2.76. The summed E-state index contributed by atoms with van der Waals surface area (Å²) in [5, 5.41) is 12.8. The summed E-state index contributed by atoms with van der Waals surface area (Å²) in [4.78, 5) is 10.1. The topological polar surface area (TPSA) is 61.4 Å². The summed E-state index contributed by atoms with van der Waals surface area (Å²) >= 11 is 0. The molecule has 1 aliphatic rings. The summed E-state index contributed by atoms with van der Waals surface area (Å²) < 4.78 is 37.0. The maximum absolute atomic E-state index is 12.3. The quantitative estimate of drug-likeness (QED) is 0.629. The van der Waals surface area contributed by atoms with Crippen molar-refractivity contribution in [1.82, 2.24) is 10.6 Å². The molecule has 0 aliphatic carbocycles. The van der Waals surface area contributed by atoms with E-state index in [1.807, 2.05) is 5.32 Å². The van der Waals surface area contributed by atoms with Gasteiger partial charge in [0, 0.05) is 25.6 Å². The van der Waals surface area contributed by atoms with Gasteiger partial charge in [-0.3, -0.25) is 0 Å². The van der Waals surface area contributed by atoms with Gasteiger partial charge in [0.25, 0.3) is 0 Å². The summed E-state index contributed by atoms with van der Waals surface area (Å²) in [6, 6.07) is 0. The summed E-state index contributed by atoms with van der Waals surface area (Å²) in [7, 11) is 0. The van der Waals surface area contributed by atoms with Crippen LogP contribution in [0.15, 0.2) is 0 Å². The summed E-state index contributed by atoms with van der Waals surface area (Å²) in [5.74, 6) is -2.15. The molecule has 1 saturated heterocycles. The van der Waals surface area contributed by atoms with Crippen LogP contribution in [0.5, 0.6) is 0 Å². The third-order valence-corrected chi connectivity index (χ3v) is 2.28. The van der Waals surface area contributed by atoms with Crippen molar-refractivity contribution in [3.05, 3.63) is 0 Å². The fourth-order valence-electron chi connectivity index (χ4n) is 1.55. The molecular weight excluding hydrogens is 201 g/mol. The molecule has 0 aromatic heterocycles. The van der Waals surface area contributed by atoms with E-state index in [-0.39, 0.29) is 19.6 Å². The maximum Gasteiger partial charge on any atom is 0.404 e. The number of alkyl halides is 3. The average Bonchev–Trinajstić information content (AvgIpc) is 2.46. The zero-order chi connectivity index (χ0) is 10.8. The fourth-order valence-corrected chi connectivity index (χ4v) is 1.55. The molecule has 4 nitrogen and oxygen atoms in total. The number of amides is 1. The van der Waals surface area contributed by atoms with Gasteiger partial charge in [0.05, 0.1) is 5.92 Å². The number of rotatable bonds is 2. The Kier molecular flexibility index (Phi) is 3.20. The highest BCUT2D eigenvalue weighted by Crippen LogP contribution is 2.33. The molecule has 82 valence electrons. The number of halogens is 3. The molecule has 1 aliphatic heterocycles. The second kappa shape index (κ2) is 4.04. The van der Waals surface area contributed by atoms with Gasteiger partial charge >= 0.3 is 12.3 Å². The minimum atomic E-state index is -4.26. The highest BCUT2D eigenvalue weighted by atomic mass is 19.4. The minimum absolute atomic E-state index is 0.129. The van der Waals surface area contributed by atoms with Crippen molar-refractivity contribution < 1.29 is 23.1 Å². The van der Waals surface area contributed by atoms with Crippen molar-refractivity contribution in [2.45, 2.75) is 6.18 Å². The Morgan fingerprint density at radius 1 is 1.50 bits per heavy atom. The van der Waals surface area contributed by atoms with Gasteiger partial charge in [0.2, 0.25) is 0 Å². The molecule has 0 saturated carbocycles. The molecule has 0 aromatic carbocycles. The second-order valence-electron chi connectivity index (χ2n) is 3.25. The van der Waals surface area contributed by atoms with Gasteiger partial charge in [0.1, 0.15) is 0 Å². The van der Waals surface area contributed by atoms with Gasteiger partial charge in [-0.05, 0) is 0 Å². The molecule has 0 bridgehead atoms. The summed E-state index contributed by atoms with van der Waals surface area (Å²) in [6.07, 6.45) is -5.55. The van der Waals surface area contributed by atoms with Gasteiger partial charge in [-0.25, -0.2) is 4.79 Å². The van der Waals surface area contributed by atoms with Gasteiger partial charge in [0.15, 0.2) is 0 Å². The first kappa shape index (κ1) is 11.1. The molecule has 0 radical (unpaired) electrons. The predicted molar refractivity (Wildman–Crippen MR) is 41.9 cm³/mol. The van der Waals surface area contributed by atoms with E-state index in [2.05, 4.69) is 5.32 Å². The molecule has 2 unspecified atom stereocenters.